The molecule has 4 nitrogen and oxygen atoms in total. The van der Waals surface area contributed by atoms with Crippen molar-refractivity contribution in [2.24, 2.45) is 5.73 Å². The van der Waals surface area contributed by atoms with Crippen LogP contribution in [0.2, 0.25) is 0 Å². The first kappa shape index (κ1) is 12.3. The maximum Gasteiger partial charge on any atom is 0.164 e. The Morgan fingerprint density at radius 2 is 2.12 bits per heavy atom. The summed E-state index contributed by atoms with van der Waals surface area (Å²) < 4.78 is 3.10. The van der Waals surface area contributed by atoms with E-state index in [0.29, 0.717) is 6.54 Å². The van der Waals surface area contributed by atoms with E-state index in [-0.39, 0.29) is 6.04 Å². The lowest BCUT2D eigenvalue weighted by molar-refractivity contribution is 0.574. The van der Waals surface area contributed by atoms with Crippen LogP contribution < -0.4 is 5.73 Å². The second-order valence-corrected chi connectivity index (χ2v) is 5.03. The fourth-order valence-corrected chi connectivity index (χ4v) is 2.23. The van der Waals surface area contributed by atoms with Crippen LogP contribution >= 0.6 is 15.9 Å². The van der Waals surface area contributed by atoms with E-state index < -0.39 is 0 Å². The molecule has 2 aromatic rings. The van der Waals surface area contributed by atoms with E-state index in [0.717, 1.165) is 21.7 Å². The van der Waals surface area contributed by atoms with Gasteiger partial charge in [-0.25, -0.2) is 0 Å². The minimum atomic E-state index is 0.289. The third-order valence-corrected chi connectivity index (χ3v) is 3.04. The first-order valence-corrected chi connectivity index (χ1v) is 6.32. The number of nitrogens with two attached hydrogens (primary N) is 1. The van der Waals surface area contributed by atoms with E-state index >= 15 is 0 Å². The summed E-state index contributed by atoms with van der Waals surface area (Å²) in [4.78, 5) is 0. The number of nitrogens with zero attached hydrogens (tertiary/aromatic N) is 3. The Morgan fingerprint density at radius 1 is 1.35 bits per heavy atom. The van der Waals surface area contributed by atoms with Gasteiger partial charge in [0.05, 0.1) is 6.54 Å². The molecule has 1 aromatic carbocycles. The van der Waals surface area contributed by atoms with Gasteiger partial charge in [0.15, 0.2) is 5.82 Å². The van der Waals surface area contributed by atoms with Gasteiger partial charge < -0.3 is 10.3 Å². The zero-order valence-electron chi connectivity index (χ0n) is 9.89. The molecular formula is C12H15BrN4. The van der Waals surface area contributed by atoms with E-state index in [2.05, 4.69) is 44.5 Å². The van der Waals surface area contributed by atoms with Gasteiger partial charge in [0.25, 0.3) is 0 Å². The molecule has 0 spiro atoms. The summed E-state index contributed by atoms with van der Waals surface area (Å²) in [6.45, 7) is 4.60. The SMILES string of the molecule is CC(C)n1c(CN)nnc1-c1cccc(Br)c1. The van der Waals surface area contributed by atoms with Crippen molar-refractivity contribution < 1.29 is 0 Å². The van der Waals surface area contributed by atoms with Gasteiger partial charge in [-0.2, -0.15) is 0 Å². The van der Waals surface area contributed by atoms with Crippen LogP contribution in [0.4, 0.5) is 0 Å². The molecule has 17 heavy (non-hydrogen) atoms. The molecule has 0 aliphatic rings. The molecule has 90 valence electrons. The van der Waals surface area contributed by atoms with Crippen LogP contribution in [-0.2, 0) is 6.54 Å². The van der Waals surface area contributed by atoms with Gasteiger partial charge in [-0.05, 0) is 26.0 Å². The molecule has 5 heteroatoms. The Balaban J connectivity index is 2.56. The van der Waals surface area contributed by atoms with Crippen molar-refractivity contribution in [3.05, 3.63) is 34.6 Å². The molecule has 0 fully saturated rings. The van der Waals surface area contributed by atoms with Crippen molar-refractivity contribution in [3.63, 3.8) is 0 Å². The van der Waals surface area contributed by atoms with Crippen LogP contribution in [0.5, 0.6) is 0 Å². The highest BCUT2D eigenvalue weighted by Crippen LogP contribution is 2.24. The number of aromatic nitrogens is 3. The first-order chi connectivity index (χ1) is 8.13. The summed E-state index contributed by atoms with van der Waals surface area (Å²) >= 11 is 3.46. The minimum absolute atomic E-state index is 0.289. The molecule has 2 rings (SSSR count). The average Bonchev–Trinajstić information content (AvgIpc) is 2.72. The Hall–Kier alpha value is -1.20. The van der Waals surface area contributed by atoms with E-state index in [9.17, 15) is 0 Å². The Bertz CT molecular complexity index is 519. The second-order valence-electron chi connectivity index (χ2n) is 4.12. The van der Waals surface area contributed by atoms with E-state index in [1.807, 2.05) is 24.3 Å². The van der Waals surface area contributed by atoms with Crippen LogP contribution in [0.3, 0.4) is 0 Å². The van der Waals surface area contributed by atoms with Crippen LogP contribution in [0.15, 0.2) is 28.7 Å². The van der Waals surface area contributed by atoms with Crippen LogP contribution in [0, 0.1) is 0 Å². The van der Waals surface area contributed by atoms with E-state index in [4.69, 9.17) is 5.73 Å². The minimum Gasteiger partial charge on any atom is -0.324 e. The topological polar surface area (TPSA) is 56.7 Å². The fraction of sp³-hybridized carbons (Fsp3) is 0.333. The van der Waals surface area contributed by atoms with E-state index in [1.54, 1.807) is 0 Å². The summed E-state index contributed by atoms with van der Waals surface area (Å²) in [6.07, 6.45) is 0. The molecular weight excluding hydrogens is 280 g/mol. The highest BCUT2D eigenvalue weighted by Gasteiger charge is 2.15. The van der Waals surface area contributed by atoms with Crippen molar-refractivity contribution in [2.45, 2.75) is 26.4 Å². The zero-order valence-corrected chi connectivity index (χ0v) is 11.5. The number of halogens is 1. The smallest absolute Gasteiger partial charge is 0.164 e. The van der Waals surface area contributed by atoms with Crippen molar-refractivity contribution in [3.8, 4) is 11.4 Å². The summed E-state index contributed by atoms with van der Waals surface area (Å²) in [6, 6.07) is 8.32. The molecule has 0 amide bonds. The number of hydrogen-bond acceptors (Lipinski definition) is 3. The third kappa shape index (κ3) is 2.40. The molecule has 0 aliphatic heterocycles. The Morgan fingerprint density at radius 3 is 2.71 bits per heavy atom. The number of benzene rings is 1. The normalized spacial score (nSPS) is 11.1. The van der Waals surface area contributed by atoms with Gasteiger partial charge in [0.1, 0.15) is 5.82 Å². The van der Waals surface area contributed by atoms with E-state index in [1.165, 1.54) is 0 Å². The lowest BCUT2D eigenvalue weighted by Gasteiger charge is -2.13. The number of rotatable bonds is 3. The maximum atomic E-state index is 5.68. The second kappa shape index (κ2) is 4.98. The standard InChI is InChI=1S/C12H15BrN4/c1-8(2)17-11(7-14)15-16-12(17)9-4-3-5-10(13)6-9/h3-6,8H,7,14H2,1-2H3. The van der Waals surface area contributed by atoms with Crippen LogP contribution in [-0.4, -0.2) is 14.8 Å². The molecule has 2 N–H and O–H groups in total. The lowest BCUT2D eigenvalue weighted by Crippen LogP contribution is -2.11. The molecule has 1 aromatic heterocycles. The highest BCUT2D eigenvalue weighted by molar-refractivity contribution is 9.10. The van der Waals surface area contributed by atoms with Gasteiger partial charge in [0, 0.05) is 16.1 Å². The molecule has 1 heterocycles. The fourth-order valence-electron chi connectivity index (χ4n) is 1.83. The molecule has 0 aliphatic carbocycles. The highest BCUT2D eigenvalue weighted by atomic mass is 79.9. The molecule has 0 saturated carbocycles. The van der Waals surface area contributed by atoms with Crippen LogP contribution in [0.25, 0.3) is 11.4 Å². The summed E-state index contributed by atoms with van der Waals surface area (Å²) in [7, 11) is 0. The average molecular weight is 295 g/mol. The predicted molar refractivity (Wildman–Crippen MR) is 71.4 cm³/mol. The maximum absolute atomic E-state index is 5.68. The molecule has 0 atom stereocenters. The number of hydrogen-bond donors (Lipinski definition) is 1. The Labute approximate surface area is 109 Å². The van der Waals surface area contributed by atoms with Crippen molar-refractivity contribution in [1.29, 1.82) is 0 Å². The summed E-state index contributed by atoms with van der Waals surface area (Å²) in [5.41, 5.74) is 6.72. The lowest BCUT2D eigenvalue weighted by atomic mass is 10.2. The van der Waals surface area contributed by atoms with Gasteiger partial charge in [-0.1, -0.05) is 28.1 Å². The molecule has 0 saturated heterocycles. The van der Waals surface area contributed by atoms with Gasteiger partial charge >= 0.3 is 0 Å². The third-order valence-electron chi connectivity index (χ3n) is 2.55. The Kier molecular flexibility index (Phi) is 3.59. The van der Waals surface area contributed by atoms with Crippen LogP contribution in [0.1, 0.15) is 25.7 Å². The molecule has 0 unspecified atom stereocenters. The quantitative estimate of drug-likeness (QED) is 0.947. The predicted octanol–water partition coefficient (Wildman–Crippen LogP) is 2.75. The largest absolute Gasteiger partial charge is 0.324 e. The summed E-state index contributed by atoms with van der Waals surface area (Å²) in [5, 5.41) is 8.37. The zero-order chi connectivity index (χ0) is 12.4. The molecule has 0 bridgehead atoms. The monoisotopic (exact) mass is 294 g/mol. The molecule has 0 radical (unpaired) electrons. The van der Waals surface area contributed by atoms with Gasteiger partial charge in [-0.15, -0.1) is 10.2 Å². The first-order valence-electron chi connectivity index (χ1n) is 5.53. The van der Waals surface area contributed by atoms with Gasteiger partial charge in [0.2, 0.25) is 0 Å². The van der Waals surface area contributed by atoms with Crippen molar-refractivity contribution >= 4 is 15.9 Å². The van der Waals surface area contributed by atoms with Gasteiger partial charge in [-0.3, -0.25) is 0 Å². The van der Waals surface area contributed by atoms with Crippen molar-refractivity contribution in [1.82, 2.24) is 14.8 Å². The summed E-state index contributed by atoms with van der Waals surface area (Å²) in [5.74, 6) is 1.68. The van der Waals surface area contributed by atoms with Crippen molar-refractivity contribution in [2.75, 3.05) is 0 Å².